The van der Waals surface area contributed by atoms with Gasteiger partial charge < -0.3 is 10.1 Å². The van der Waals surface area contributed by atoms with E-state index < -0.39 is 0 Å². The van der Waals surface area contributed by atoms with E-state index in [-0.39, 0.29) is 24.4 Å². The van der Waals surface area contributed by atoms with Crippen LogP contribution in [-0.4, -0.2) is 18.6 Å². The molecule has 0 saturated heterocycles. The highest BCUT2D eigenvalue weighted by Gasteiger charge is 2.12. The van der Waals surface area contributed by atoms with Crippen molar-refractivity contribution in [3.63, 3.8) is 0 Å². The van der Waals surface area contributed by atoms with Gasteiger partial charge in [-0.3, -0.25) is 4.79 Å². The number of hydrogen-bond donors (Lipinski definition) is 1. The highest BCUT2D eigenvalue weighted by molar-refractivity contribution is 5.85. The number of hydrogen-bond acceptors (Lipinski definition) is 3. The molecule has 16 heavy (non-hydrogen) atoms. The molecule has 0 aliphatic rings. The molecule has 0 spiro atoms. The topological polar surface area (TPSA) is 38.3 Å². The van der Waals surface area contributed by atoms with Crippen molar-refractivity contribution in [1.82, 2.24) is 5.32 Å². The zero-order valence-corrected chi connectivity index (χ0v) is 10.4. The van der Waals surface area contributed by atoms with Crippen LogP contribution in [0.3, 0.4) is 0 Å². The lowest BCUT2D eigenvalue weighted by Gasteiger charge is -2.12. The van der Waals surface area contributed by atoms with Crippen molar-refractivity contribution >= 4 is 18.4 Å². The quantitative estimate of drug-likeness (QED) is 0.806. The van der Waals surface area contributed by atoms with Crippen LogP contribution in [0.1, 0.15) is 19.4 Å². The molecular formula is C12H18ClNO2. The molecular weight excluding hydrogens is 226 g/mol. The summed E-state index contributed by atoms with van der Waals surface area (Å²) in [6.45, 7) is 4.72. The molecule has 0 amide bonds. The summed E-state index contributed by atoms with van der Waals surface area (Å²) in [7, 11) is 0. The van der Waals surface area contributed by atoms with Crippen LogP contribution < -0.4 is 5.32 Å². The standard InChI is InChI=1S/C12H17NO2.ClH/c1-3-15-12(14)10(2)13-9-11-7-5-4-6-8-11;/h4-8,10,13H,3,9H2,1-2H3;1H. The van der Waals surface area contributed by atoms with E-state index in [0.29, 0.717) is 13.2 Å². The Balaban J connectivity index is 0.00000225. The first-order valence-corrected chi connectivity index (χ1v) is 5.18. The van der Waals surface area contributed by atoms with Gasteiger partial charge in [-0.15, -0.1) is 12.4 Å². The maximum Gasteiger partial charge on any atom is 0.322 e. The molecule has 1 aromatic rings. The molecule has 3 nitrogen and oxygen atoms in total. The van der Waals surface area contributed by atoms with E-state index in [0.717, 1.165) is 5.56 Å². The zero-order valence-electron chi connectivity index (χ0n) is 9.60. The molecule has 0 radical (unpaired) electrons. The van der Waals surface area contributed by atoms with Crippen molar-refractivity contribution in [3.8, 4) is 0 Å². The minimum Gasteiger partial charge on any atom is -0.465 e. The van der Waals surface area contributed by atoms with Crippen LogP contribution in [-0.2, 0) is 16.1 Å². The number of carbonyl (C=O) groups excluding carboxylic acids is 1. The summed E-state index contributed by atoms with van der Waals surface area (Å²) in [5, 5.41) is 3.11. The third-order valence-electron chi connectivity index (χ3n) is 2.10. The molecule has 4 heteroatoms. The van der Waals surface area contributed by atoms with Gasteiger partial charge in [-0.05, 0) is 19.4 Å². The van der Waals surface area contributed by atoms with Crippen molar-refractivity contribution in [2.75, 3.05) is 6.61 Å². The molecule has 0 saturated carbocycles. The van der Waals surface area contributed by atoms with E-state index in [1.807, 2.05) is 37.3 Å². The first kappa shape index (κ1) is 14.9. The highest BCUT2D eigenvalue weighted by atomic mass is 35.5. The number of carbonyl (C=O) groups is 1. The highest BCUT2D eigenvalue weighted by Crippen LogP contribution is 1.98. The van der Waals surface area contributed by atoms with Crippen LogP contribution in [0.4, 0.5) is 0 Å². The van der Waals surface area contributed by atoms with Crippen LogP contribution in [0.2, 0.25) is 0 Å². The number of benzene rings is 1. The predicted octanol–water partition coefficient (Wildman–Crippen LogP) is 2.15. The molecule has 0 fully saturated rings. The molecule has 1 unspecified atom stereocenters. The van der Waals surface area contributed by atoms with Gasteiger partial charge in [0.2, 0.25) is 0 Å². The minimum atomic E-state index is -0.259. The Morgan fingerprint density at radius 2 is 2.00 bits per heavy atom. The average Bonchev–Trinajstić information content (AvgIpc) is 2.27. The Hall–Kier alpha value is -1.06. The van der Waals surface area contributed by atoms with Gasteiger partial charge >= 0.3 is 5.97 Å². The number of nitrogens with one attached hydrogen (secondary N) is 1. The van der Waals surface area contributed by atoms with Gasteiger partial charge in [-0.25, -0.2) is 0 Å². The first-order valence-electron chi connectivity index (χ1n) is 5.18. The van der Waals surface area contributed by atoms with Gasteiger partial charge in [-0.1, -0.05) is 30.3 Å². The van der Waals surface area contributed by atoms with Crippen molar-refractivity contribution in [1.29, 1.82) is 0 Å². The number of halogens is 1. The molecule has 0 heterocycles. The molecule has 1 rings (SSSR count). The van der Waals surface area contributed by atoms with Crippen LogP contribution in [0, 0.1) is 0 Å². The smallest absolute Gasteiger partial charge is 0.322 e. The maximum absolute atomic E-state index is 11.3. The molecule has 1 aromatic carbocycles. The monoisotopic (exact) mass is 243 g/mol. The Morgan fingerprint density at radius 1 is 1.38 bits per heavy atom. The van der Waals surface area contributed by atoms with Gasteiger partial charge in [0.1, 0.15) is 6.04 Å². The van der Waals surface area contributed by atoms with Crippen molar-refractivity contribution < 1.29 is 9.53 Å². The summed E-state index contributed by atoms with van der Waals surface area (Å²) in [6.07, 6.45) is 0. The van der Waals surface area contributed by atoms with E-state index in [1.54, 1.807) is 6.92 Å². The number of rotatable bonds is 5. The molecule has 0 bridgehead atoms. The van der Waals surface area contributed by atoms with E-state index in [9.17, 15) is 4.79 Å². The SMILES string of the molecule is CCOC(=O)C(C)NCc1ccccc1.Cl. The lowest BCUT2D eigenvalue weighted by molar-refractivity contribution is -0.145. The summed E-state index contributed by atoms with van der Waals surface area (Å²) in [6, 6.07) is 9.71. The van der Waals surface area contributed by atoms with E-state index in [2.05, 4.69) is 5.32 Å². The van der Waals surface area contributed by atoms with Crippen molar-refractivity contribution in [2.45, 2.75) is 26.4 Å². The van der Waals surface area contributed by atoms with Crippen LogP contribution >= 0.6 is 12.4 Å². The largest absolute Gasteiger partial charge is 0.465 e. The van der Waals surface area contributed by atoms with Gasteiger partial charge in [-0.2, -0.15) is 0 Å². The normalized spacial score (nSPS) is 11.4. The van der Waals surface area contributed by atoms with E-state index in [4.69, 9.17) is 4.74 Å². The Morgan fingerprint density at radius 3 is 2.56 bits per heavy atom. The molecule has 0 aliphatic heterocycles. The molecule has 0 aromatic heterocycles. The van der Waals surface area contributed by atoms with Crippen LogP contribution in [0.15, 0.2) is 30.3 Å². The van der Waals surface area contributed by atoms with Gasteiger partial charge in [0.15, 0.2) is 0 Å². The maximum atomic E-state index is 11.3. The minimum absolute atomic E-state index is 0. The fourth-order valence-electron chi connectivity index (χ4n) is 1.22. The first-order chi connectivity index (χ1) is 7.24. The van der Waals surface area contributed by atoms with Gasteiger partial charge in [0.05, 0.1) is 6.61 Å². The fourth-order valence-corrected chi connectivity index (χ4v) is 1.22. The zero-order chi connectivity index (χ0) is 11.1. The lowest BCUT2D eigenvalue weighted by Crippen LogP contribution is -2.34. The molecule has 0 aliphatic carbocycles. The van der Waals surface area contributed by atoms with Gasteiger partial charge in [0.25, 0.3) is 0 Å². The third-order valence-corrected chi connectivity index (χ3v) is 2.10. The second-order valence-corrected chi connectivity index (χ2v) is 3.34. The number of esters is 1. The summed E-state index contributed by atoms with van der Waals surface area (Å²) >= 11 is 0. The lowest BCUT2D eigenvalue weighted by atomic mass is 10.2. The Labute approximate surface area is 103 Å². The Bertz CT molecular complexity index is 303. The molecule has 1 atom stereocenters. The van der Waals surface area contributed by atoms with E-state index in [1.165, 1.54) is 0 Å². The van der Waals surface area contributed by atoms with Gasteiger partial charge in [0, 0.05) is 6.54 Å². The fraction of sp³-hybridized carbons (Fsp3) is 0.417. The third kappa shape index (κ3) is 5.14. The van der Waals surface area contributed by atoms with E-state index >= 15 is 0 Å². The Kier molecular flexibility index (Phi) is 7.60. The second kappa shape index (κ2) is 8.13. The summed E-state index contributed by atoms with van der Waals surface area (Å²) < 4.78 is 4.89. The summed E-state index contributed by atoms with van der Waals surface area (Å²) in [5.41, 5.74) is 1.16. The summed E-state index contributed by atoms with van der Waals surface area (Å²) in [4.78, 5) is 11.3. The molecule has 1 N–H and O–H groups in total. The van der Waals surface area contributed by atoms with Crippen molar-refractivity contribution in [3.05, 3.63) is 35.9 Å². The molecule has 90 valence electrons. The van der Waals surface area contributed by atoms with Crippen LogP contribution in [0.25, 0.3) is 0 Å². The average molecular weight is 244 g/mol. The summed E-state index contributed by atoms with van der Waals surface area (Å²) in [5.74, 6) is -0.201. The number of ether oxygens (including phenoxy) is 1. The van der Waals surface area contributed by atoms with Crippen molar-refractivity contribution in [2.24, 2.45) is 0 Å². The second-order valence-electron chi connectivity index (χ2n) is 3.34. The van der Waals surface area contributed by atoms with Crippen LogP contribution in [0.5, 0.6) is 0 Å². The predicted molar refractivity (Wildman–Crippen MR) is 66.6 cm³/mol.